The number of aryl methyl sites for hydroxylation is 1. The Balaban J connectivity index is 1.62. The molecule has 2 aromatic rings. The van der Waals surface area contributed by atoms with Gasteiger partial charge in [-0.25, -0.2) is 4.98 Å². The van der Waals surface area contributed by atoms with E-state index in [1.807, 2.05) is 24.3 Å². The highest BCUT2D eigenvalue weighted by atomic mass is 35.5. The van der Waals surface area contributed by atoms with Gasteiger partial charge >= 0.3 is 0 Å². The summed E-state index contributed by atoms with van der Waals surface area (Å²) in [6.07, 6.45) is 0.00742. The Morgan fingerprint density at radius 1 is 1.21 bits per heavy atom. The van der Waals surface area contributed by atoms with Gasteiger partial charge in [0.15, 0.2) is 5.16 Å². The first-order valence-electron chi connectivity index (χ1n) is 9.34. The summed E-state index contributed by atoms with van der Waals surface area (Å²) >= 11 is 7.41. The van der Waals surface area contributed by atoms with Crippen molar-refractivity contribution < 1.29 is 9.59 Å². The van der Waals surface area contributed by atoms with E-state index in [1.54, 1.807) is 16.7 Å². The molecule has 1 aromatic heterocycles. The number of H-pyrrole nitrogens is 1. The number of aromatic nitrogens is 2. The van der Waals surface area contributed by atoms with Crippen LogP contribution in [0.1, 0.15) is 23.7 Å². The van der Waals surface area contributed by atoms with Gasteiger partial charge in [-0.15, -0.1) is 0 Å². The standard InChI is InChI=1S/C20H23ClN4O3S/c1-13-17(11-18(27)25-8-6-24(7-9-25)14(2)26)19(28)23-20(22-13)29-12-15-4-3-5-16(21)10-15/h3-5,10H,6-9,11-12H2,1-2H3,(H,22,23,28). The van der Waals surface area contributed by atoms with Crippen LogP contribution >= 0.6 is 23.4 Å². The van der Waals surface area contributed by atoms with E-state index in [9.17, 15) is 14.4 Å². The third-order valence-corrected chi connectivity index (χ3v) is 6.05. The van der Waals surface area contributed by atoms with E-state index < -0.39 is 0 Å². The van der Waals surface area contributed by atoms with Crippen LogP contribution in [0.25, 0.3) is 0 Å². The molecule has 0 aliphatic carbocycles. The highest BCUT2D eigenvalue weighted by Crippen LogP contribution is 2.21. The van der Waals surface area contributed by atoms with Crippen molar-refractivity contribution in [3.63, 3.8) is 0 Å². The maximum Gasteiger partial charge on any atom is 0.255 e. The Bertz CT molecular complexity index is 970. The number of piperazine rings is 1. The molecule has 1 aliphatic heterocycles. The van der Waals surface area contributed by atoms with Crippen molar-refractivity contribution in [3.8, 4) is 0 Å². The number of benzene rings is 1. The minimum atomic E-state index is -0.290. The van der Waals surface area contributed by atoms with Crippen LogP contribution in [0.15, 0.2) is 34.2 Å². The second-order valence-corrected chi connectivity index (χ2v) is 8.32. The zero-order valence-corrected chi connectivity index (χ0v) is 18.0. The van der Waals surface area contributed by atoms with Crippen molar-refractivity contribution in [2.45, 2.75) is 31.2 Å². The molecule has 1 aromatic carbocycles. The lowest BCUT2D eigenvalue weighted by Gasteiger charge is -2.34. The first-order chi connectivity index (χ1) is 13.8. The molecule has 1 N–H and O–H groups in total. The summed E-state index contributed by atoms with van der Waals surface area (Å²) in [4.78, 5) is 47.2. The molecular weight excluding hydrogens is 412 g/mol. The zero-order chi connectivity index (χ0) is 21.0. The number of nitrogens with zero attached hydrogens (tertiary/aromatic N) is 3. The molecule has 2 amide bonds. The molecule has 1 aliphatic rings. The fourth-order valence-corrected chi connectivity index (χ4v) is 4.24. The van der Waals surface area contributed by atoms with E-state index in [2.05, 4.69) is 9.97 Å². The summed E-state index contributed by atoms with van der Waals surface area (Å²) in [6.45, 7) is 5.28. The molecule has 154 valence electrons. The number of hydrogen-bond donors (Lipinski definition) is 1. The summed E-state index contributed by atoms with van der Waals surface area (Å²) in [5, 5.41) is 1.18. The van der Waals surface area contributed by atoms with Crippen LogP contribution in [0.3, 0.4) is 0 Å². The van der Waals surface area contributed by atoms with Gasteiger partial charge in [0.2, 0.25) is 11.8 Å². The monoisotopic (exact) mass is 434 g/mol. The summed E-state index contributed by atoms with van der Waals surface area (Å²) in [6, 6.07) is 7.53. The van der Waals surface area contributed by atoms with Crippen LogP contribution in [0.5, 0.6) is 0 Å². The van der Waals surface area contributed by atoms with Crippen molar-refractivity contribution in [1.82, 2.24) is 19.8 Å². The number of hydrogen-bond acceptors (Lipinski definition) is 5. The Labute approximate surface area is 178 Å². The first kappa shape index (κ1) is 21.4. The topological polar surface area (TPSA) is 86.4 Å². The van der Waals surface area contributed by atoms with E-state index >= 15 is 0 Å². The second kappa shape index (κ2) is 9.45. The molecule has 7 nitrogen and oxygen atoms in total. The number of carbonyl (C=O) groups excluding carboxylic acids is 2. The molecule has 0 atom stereocenters. The lowest BCUT2D eigenvalue weighted by atomic mass is 10.1. The molecule has 0 spiro atoms. The third kappa shape index (κ3) is 5.61. The molecule has 29 heavy (non-hydrogen) atoms. The van der Waals surface area contributed by atoms with Crippen LogP contribution in [-0.2, 0) is 21.8 Å². The number of thioether (sulfide) groups is 1. The molecule has 3 rings (SSSR count). The molecule has 1 saturated heterocycles. The lowest BCUT2D eigenvalue weighted by molar-refractivity contribution is -0.138. The molecule has 1 fully saturated rings. The van der Waals surface area contributed by atoms with Gasteiger partial charge in [0.1, 0.15) is 0 Å². The summed E-state index contributed by atoms with van der Waals surface area (Å²) in [5.41, 5.74) is 1.68. The van der Waals surface area contributed by atoms with E-state index in [0.29, 0.717) is 53.4 Å². The second-order valence-electron chi connectivity index (χ2n) is 6.92. The van der Waals surface area contributed by atoms with Gasteiger partial charge in [0.05, 0.1) is 6.42 Å². The van der Waals surface area contributed by atoms with Crippen LogP contribution in [0.2, 0.25) is 5.02 Å². The third-order valence-electron chi connectivity index (χ3n) is 4.87. The number of aromatic amines is 1. The minimum Gasteiger partial charge on any atom is -0.339 e. The van der Waals surface area contributed by atoms with Crippen molar-refractivity contribution in [2.24, 2.45) is 0 Å². The number of halogens is 1. The molecule has 2 heterocycles. The van der Waals surface area contributed by atoms with E-state index in [4.69, 9.17) is 11.6 Å². The maximum absolute atomic E-state index is 12.6. The number of amides is 2. The minimum absolute atomic E-state index is 0.00742. The molecule has 0 bridgehead atoms. The maximum atomic E-state index is 12.6. The van der Waals surface area contributed by atoms with Gasteiger partial charge in [-0.05, 0) is 24.6 Å². The number of rotatable bonds is 5. The van der Waals surface area contributed by atoms with Crippen molar-refractivity contribution in [1.29, 1.82) is 0 Å². The van der Waals surface area contributed by atoms with Gasteiger partial charge in [0, 0.05) is 55.1 Å². The number of nitrogens with one attached hydrogen (secondary N) is 1. The fraction of sp³-hybridized carbons (Fsp3) is 0.400. The predicted molar refractivity (Wildman–Crippen MR) is 113 cm³/mol. The summed E-state index contributed by atoms with van der Waals surface area (Å²) < 4.78 is 0. The highest BCUT2D eigenvalue weighted by molar-refractivity contribution is 7.98. The average molecular weight is 435 g/mol. The lowest BCUT2D eigenvalue weighted by Crippen LogP contribution is -2.50. The fourth-order valence-electron chi connectivity index (χ4n) is 3.17. The average Bonchev–Trinajstić information content (AvgIpc) is 2.69. The van der Waals surface area contributed by atoms with Crippen LogP contribution < -0.4 is 5.56 Å². The van der Waals surface area contributed by atoms with Crippen molar-refractivity contribution in [3.05, 3.63) is 56.5 Å². The Kier molecular flexibility index (Phi) is 6.97. The molecule has 0 saturated carbocycles. The van der Waals surface area contributed by atoms with Crippen molar-refractivity contribution in [2.75, 3.05) is 26.2 Å². The van der Waals surface area contributed by atoms with Crippen LogP contribution in [0.4, 0.5) is 0 Å². The highest BCUT2D eigenvalue weighted by Gasteiger charge is 2.24. The Hall–Kier alpha value is -2.32. The van der Waals surface area contributed by atoms with Crippen LogP contribution in [0, 0.1) is 6.92 Å². The summed E-state index contributed by atoms with van der Waals surface area (Å²) in [7, 11) is 0. The Morgan fingerprint density at radius 3 is 2.52 bits per heavy atom. The van der Waals surface area contributed by atoms with E-state index in [1.165, 1.54) is 18.7 Å². The van der Waals surface area contributed by atoms with Gasteiger partial charge in [0.25, 0.3) is 5.56 Å². The van der Waals surface area contributed by atoms with E-state index in [-0.39, 0.29) is 23.8 Å². The smallest absolute Gasteiger partial charge is 0.255 e. The Morgan fingerprint density at radius 2 is 1.90 bits per heavy atom. The van der Waals surface area contributed by atoms with Crippen LogP contribution in [-0.4, -0.2) is 57.8 Å². The quantitative estimate of drug-likeness (QED) is 0.576. The molecular formula is C20H23ClN4O3S. The molecule has 9 heteroatoms. The zero-order valence-electron chi connectivity index (χ0n) is 16.4. The van der Waals surface area contributed by atoms with Gasteiger partial charge in [-0.3, -0.25) is 14.4 Å². The number of carbonyl (C=O) groups is 2. The summed E-state index contributed by atoms with van der Waals surface area (Å²) in [5.74, 6) is 0.518. The molecule has 0 unspecified atom stereocenters. The van der Waals surface area contributed by atoms with Gasteiger partial charge in [-0.1, -0.05) is 35.5 Å². The SMILES string of the molecule is CC(=O)N1CCN(C(=O)Cc2c(C)nc(SCc3cccc(Cl)c3)[nH]c2=O)CC1. The van der Waals surface area contributed by atoms with Crippen molar-refractivity contribution >= 4 is 35.2 Å². The molecule has 0 radical (unpaired) electrons. The van der Waals surface area contributed by atoms with Gasteiger partial charge < -0.3 is 14.8 Å². The first-order valence-corrected chi connectivity index (χ1v) is 10.7. The van der Waals surface area contributed by atoms with Gasteiger partial charge in [-0.2, -0.15) is 0 Å². The predicted octanol–water partition coefficient (Wildman–Crippen LogP) is 2.26. The van der Waals surface area contributed by atoms with E-state index in [0.717, 1.165) is 5.56 Å². The largest absolute Gasteiger partial charge is 0.339 e. The normalized spacial score (nSPS) is 14.2.